The van der Waals surface area contributed by atoms with Crippen molar-refractivity contribution in [2.24, 2.45) is 0 Å². The number of nitrogens with one attached hydrogen (secondary N) is 1. The summed E-state index contributed by atoms with van der Waals surface area (Å²) >= 11 is 0. The van der Waals surface area contributed by atoms with Crippen molar-refractivity contribution in [1.82, 2.24) is 5.32 Å². The van der Waals surface area contributed by atoms with E-state index in [0.717, 1.165) is 12.8 Å². The zero-order valence-electron chi connectivity index (χ0n) is 21.9. The first kappa shape index (κ1) is 28.9. The molecule has 0 saturated heterocycles. The number of carboxylic acids is 1. The topological polar surface area (TPSA) is 126 Å². The lowest BCUT2D eigenvalue weighted by Crippen LogP contribution is -2.42. The summed E-state index contributed by atoms with van der Waals surface area (Å²) in [5.74, 6) is -1.25. The number of hydrogen-bond donors (Lipinski definition) is 2. The maximum atomic E-state index is 12.5. The molecule has 0 heterocycles. The molecule has 0 saturated carbocycles. The number of esters is 1. The third-order valence-corrected chi connectivity index (χ3v) is 6.06. The van der Waals surface area contributed by atoms with Gasteiger partial charge >= 0.3 is 11.9 Å². The number of nitrogens with zero attached hydrogens (tertiary/aromatic N) is 1. The third-order valence-electron chi connectivity index (χ3n) is 6.06. The molecule has 0 aliphatic rings. The van der Waals surface area contributed by atoms with E-state index in [-0.39, 0.29) is 12.0 Å². The Kier molecular flexibility index (Phi) is 11.1. The first-order valence-electron chi connectivity index (χ1n) is 13.0. The molecule has 0 bridgehead atoms. The zero-order valence-corrected chi connectivity index (χ0v) is 21.9. The van der Waals surface area contributed by atoms with Gasteiger partial charge in [-0.15, -0.1) is 0 Å². The molecule has 0 aromatic heterocycles. The van der Waals surface area contributed by atoms with Crippen molar-refractivity contribution in [2.45, 2.75) is 51.5 Å². The number of hydrogen-bond acceptors (Lipinski definition) is 6. The lowest BCUT2D eigenvalue weighted by atomic mass is 10.0. The summed E-state index contributed by atoms with van der Waals surface area (Å²) in [6, 6.07) is 19.9. The van der Waals surface area contributed by atoms with Gasteiger partial charge in [0.15, 0.2) is 0 Å². The predicted molar refractivity (Wildman–Crippen MR) is 146 cm³/mol. The largest absolute Gasteiger partial charge is 0.494 e. The maximum absolute atomic E-state index is 12.5. The SMILES string of the molecule is CCCCCCCOc1ccc(C(=O)Oc2ccc(C[C@H](NC(=O)c3ccc(C#N)cc3)C(=O)O)cc2)cc1. The number of carbonyl (C=O) groups is 3. The Morgan fingerprint density at radius 2 is 1.46 bits per heavy atom. The number of aliphatic carboxylic acids is 1. The fraction of sp³-hybridized carbons (Fsp3) is 0.290. The molecule has 3 aromatic carbocycles. The van der Waals surface area contributed by atoms with Crippen molar-refractivity contribution >= 4 is 17.8 Å². The Morgan fingerprint density at radius 3 is 2.08 bits per heavy atom. The fourth-order valence-electron chi connectivity index (χ4n) is 3.82. The highest BCUT2D eigenvalue weighted by atomic mass is 16.5. The first-order chi connectivity index (χ1) is 18.9. The van der Waals surface area contributed by atoms with E-state index in [2.05, 4.69) is 12.2 Å². The average molecular weight is 529 g/mol. The molecule has 0 spiro atoms. The monoisotopic (exact) mass is 528 g/mol. The van der Waals surface area contributed by atoms with Gasteiger partial charge in [0.2, 0.25) is 0 Å². The van der Waals surface area contributed by atoms with E-state index in [4.69, 9.17) is 14.7 Å². The molecular weight excluding hydrogens is 496 g/mol. The number of unbranched alkanes of at least 4 members (excludes halogenated alkanes) is 4. The second kappa shape index (κ2) is 14.9. The molecular formula is C31H32N2O6. The summed E-state index contributed by atoms with van der Waals surface area (Å²) in [4.78, 5) is 36.7. The van der Waals surface area contributed by atoms with Crippen molar-refractivity contribution in [2.75, 3.05) is 6.61 Å². The quantitative estimate of drug-likeness (QED) is 0.160. The van der Waals surface area contributed by atoms with Crippen LogP contribution < -0.4 is 14.8 Å². The van der Waals surface area contributed by atoms with Gasteiger partial charge in [0, 0.05) is 12.0 Å². The van der Waals surface area contributed by atoms with E-state index in [1.165, 1.54) is 43.5 Å². The number of amides is 1. The van der Waals surface area contributed by atoms with Crippen LogP contribution in [-0.2, 0) is 11.2 Å². The van der Waals surface area contributed by atoms with Crippen LogP contribution in [0.4, 0.5) is 0 Å². The standard InChI is InChI=1S/C31H32N2O6/c1-2-3-4-5-6-19-38-26-17-13-25(14-18-26)31(37)39-27-15-9-22(10-16-27)20-28(30(35)36)33-29(34)24-11-7-23(21-32)8-12-24/h7-18,28H,2-6,19-20H2,1H3,(H,33,34)(H,35,36)/t28-/m0/s1. The third kappa shape index (κ3) is 9.31. The van der Waals surface area contributed by atoms with Crippen molar-refractivity contribution in [3.8, 4) is 17.6 Å². The number of rotatable bonds is 14. The number of carbonyl (C=O) groups excluding carboxylic acids is 2. The predicted octanol–water partition coefficient (Wildman–Crippen LogP) is 5.55. The molecule has 202 valence electrons. The Hall–Kier alpha value is -4.64. The number of benzene rings is 3. The maximum Gasteiger partial charge on any atom is 0.343 e. The van der Waals surface area contributed by atoms with E-state index in [0.29, 0.717) is 34.8 Å². The van der Waals surface area contributed by atoms with Crippen LogP contribution in [0.1, 0.15) is 70.9 Å². The lowest BCUT2D eigenvalue weighted by Gasteiger charge is -2.15. The highest BCUT2D eigenvalue weighted by Crippen LogP contribution is 2.18. The molecule has 2 N–H and O–H groups in total. The van der Waals surface area contributed by atoms with E-state index in [9.17, 15) is 19.5 Å². The smallest absolute Gasteiger partial charge is 0.343 e. The Bertz CT molecular complexity index is 1280. The summed E-state index contributed by atoms with van der Waals surface area (Å²) < 4.78 is 11.2. The van der Waals surface area contributed by atoms with Crippen molar-refractivity contribution in [3.05, 3.63) is 95.1 Å². The second-order valence-corrected chi connectivity index (χ2v) is 9.08. The molecule has 1 atom stereocenters. The molecule has 0 fully saturated rings. The zero-order chi connectivity index (χ0) is 28.0. The Labute approximate surface area is 228 Å². The van der Waals surface area contributed by atoms with Crippen LogP contribution in [0.25, 0.3) is 0 Å². The molecule has 0 aliphatic carbocycles. The van der Waals surface area contributed by atoms with Crippen LogP contribution in [0, 0.1) is 11.3 Å². The van der Waals surface area contributed by atoms with Gasteiger partial charge in [-0.3, -0.25) is 4.79 Å². The van der Waals surface area contributed by atoms with Crippen molar-refractivity contribution in [1.29, 1.82) is 5.26 Å². The normalized spacial score (nSPS) is 11.2. The minimum atomic E-state index is -1.18. The van der Waals surface area contributed by atoms with Gasteiger partial charge < -0.3 is 19.9 Å². The van der Waals surface area contributed by atoms with Crippen molar-refractivity contribution in [3.63, 3.8) is 0 Å². The molecule has 3 rings (SSSR count). The summed E-state index contributed by atoms with van der Waals surface area (Å²) in [7, 11) is 0. The van der Waals surface area contributed by atoms with E-state index in [1.54, 1.807) is 48.5 Å². The molecule has 1 amide bonds. The highest BCUT2D eigenvalue weighted by Gasteiger charge is 2.21. The van der Waals surface area contributed by atoms with Gasteiger partial charge in [-0.25, -0.2) is 9.59 Å². The van der Waals surface area contributed by atoms with Crippen LogP contribution in [-0.4, -0.2) is 35.6 Å². The van der Waals surface area contributed by atoms with Gasteiger partial charge in [0.25, 0.3) is 5.91 Å². The van der Waals surface area contributed by atoms with Gasteiger partial charge in [0.05, 0.1) is 23.8 Å². The number of nitriles is 1. The molecule has 8 nitrogen and oxygen atoms in total. The lowest BCUT2D eigenvalue weighted by molar-refractivity contribution is -0.139. The second-order valence-electron chi connectivity index (χ2n) is 9.08. The molecule has 39 heavy (non-hydrogen) atoms. The van der Waals surface area contributed by atoms with E-state index < -0.39 is 23.9 Å². The fourth-order valence-corrected chi connectivity index (χ4v) is 3.82. The summed E-state index contributed by atoms with van der Waals surface area (Å²) in [6.45, 7) is 2.82. The highest BCUT2D eigenvalue weighted by molar-refractivity contribution is 5.96. The minimum Gasteiger partial charge on any atom is -0.494 e. The van der Waals surface area contributed by atoms with Gasteiger partial charge in [-0.1, -0.05) is 44.7 Å². The van der Waals surface area contributed by atoms with E-state index >= 15 is 0 Å². The summed E-state index contributed by atoms with van der Waals surface area (Å²) in [6.07, 6.45) is 5.82. The average Bonchev–Trinajstić information content (AvgIpc) is 2.95. The van der Waals surface area contributed by atoms with Gasteiger partial charge in [-0.05, 0) is 72.6 Å². The summed E-state index contributed by atoms with van der Waals surface area (Å²) in [5.41, 5.74) is 1.67. The minimum absolute atomic E-state index is 0.0334. The van der Waals surface area contributed by atoms with Crippen LogP contribution in [0.3, 0.4) is 0 Å². The Balaban J connectivity index is 1.50. The molecule has 0 aliphatic heterocycles. The number of carboxylic acid groups (broad SMARTS) is 1. The summed E-state index contributed by atoms with van der Waals surface area (Å²) in [5, 5.41) is 21.0. The van der Waals surface area contributed by atoms with Crippen LogP contribution >= 0.6 is 0 Å². The van der Waals surface area contributed by atoms with E-state index in [1.807, 2.05) is 6.07 Å². The molecule has 3 aromatic rings. The Morgan fingerprint density at radius 1 is 0.846 bits per heavy atom. The van der Waals surface area contributed by atoms with Crippen LogP contribution in [0.5, 0.6) is 11.5 Å². The van der Waals surface area contributed by atoms with Gasteiger partial charge in [-0.2, -0.15) is 5.26 Å². The van der Waals surface area contributed by atoms with Crippen LogP contribution in [0.2, 0.25) is 0 Å². The first-order valence-corrected chi connectivity index (χ1v) is 13.0. The number of ether oxygens (including phenoxy) is 2. The van der Waals surface area contributed by atoms with Crippen LogP contribution in [0.15, 0.2) is 72.8 Å². The van der Waals surface area contributed by atoms with Crippen molar-refractivity contribution < 1.29 is 29.0 Å². The van der Waals surface area contributed by atoms with Gasteiger partial charge in [0.1, 0.15) is 17.5 Å². The molecule has 0 unspecified atom stereocenters. The molecule has 0 radical (unpaired) electrons. The molecule has 8 heteroatoms.